The molecule has 1 N–H and O–H groups in total. The van der Waals surface area contributed by atoms with Crippen LogP contribution in [0.2, 0.25) is 0 Å². The van der Waals surface area contributed by atoms with Gasteiger partial charge in [-0.1, -0.05) is 0 Å². The summed E-state index contributed by atoms with van der Waals surface area (Å²) in [4.78, 5) is 30.2. The first-order chi connectivity index (χ1) is 9.80. The topological polar surface area (TPSA) is 92.6 Å². The summed E-state index contributed by atoms with van der Waals surface area (Å²) in [6, 6.07) is -0.0713. The number of carbonyl (C=O) groups excluding carboxylic acids is 1. The predicted molar refractivity (Wildman–Crippen MR) is 60.3 cm³/mol. The minimum atomic E-state index is -5.03. The average molecular weight is 305 g/mol. The van der Waals surface area contributed by atoms with Crippen LogP contribution in [0.3, 0.4) is 0 Å². The summed E-state index contributed by atoms with van der Waals surface area (Å²) in [7, 11) is 0. The van der Waals surface area contributed by atoms with Gasteiger partial charge in [0, 0.05) is 12.7 Å². The third-order valence-electron chi connectivity index (χ3n) is 2.82. The molecule has 114 valence electrons. The van der Waals surface area contributed by atoms with E-state index in [0.717, 1.165) is 12.3 Å². The van der Waals surface area contributed by atoms with Crippen molar-refractivity contribution in [1.29, 1.82) is 0 Å². The van der Waals surface area contributed by atoms with Crippen molar-refractivity contribution in [2.24, 2.45) is 0 Å². The Morgan fingerprint density at radius 3 is 2.76 bits per heavy atom. The lowest BCUT2D eigenvalue weighted by molar-refractivity contribution is -0.193. The maximum absolute atomic E-state index is 12.6. The zero-order chi connectivity index (χ0) is 15.6. The molecule has 10 heteroatoms. The predicted octanol–water partition coefficient (Wildman–Crippen LogP) is 0.637. The van der Waals surface area contributed by atoms with E-state index in [2.05, 4.69) is 9.97 Å². The van der Waals surface area contributed by atoms with Gasteiger partial charge in [-0.25, -0.2) is 14.8 Å². The number of aromatic carboxylic acids is 1. The highest BCUT2D eigenvalue weighted by atomic mass is 19.4. The van der Waals surface area contributed by atoms with Crippen molar-refractivity contribution in [2.75, 3.05) is 19.8 Å². The van der Waals surface area contributed by atoms with Crippen LogP contribution in [0, 0.1) is 0 Å². The molecule has 1 saturated heterocycles. The van der Waals surface area contributed by atoms with Crippen molar-refractivity contribution in [1.82, 2.24) is 14.9 Å². The van der Waals surface area contributed by atoms with Crippen molar-refractivity contribution in [3.63, 3.8) is 0 Å². The van der Waals surface area contributed by atoms with Gasteiger partial charge in [0.05, 0.1) is 13.2 Å². The Kier molecular flexibility index (Phi) is 4.07. The molecule has 7 nitrogen and oxygen atoms in total. The van der Waals surface area contributed by atoms with Crippen LogP contribution in [-0.4, -0.2) is 57.8 Å². The van der Waals surface area contributed by atoms with Crippen LogP contribution in [0.1, 0.15) is 22.4 Å². The highest BCUT2D eigenvalue weighted by molar-refractivity contribution is 5.85. The SMILES string of the molecule is O=C(O)c1ccnc(C2COCCN2C(=O)C(F)(F)F)n1. The normalized spacial score (nSPS) is 19.4. The van der Waals surface area contributed by atoms with E-state index in [1.54, 1.807) is 0 Å². The van der Waals surface area contributed by atoms with E-state index in [1.165, 1.54) is 0 Å². The van der Waals surface area contributed by atoms with Crippen molar-refractivity contribution in [2.45, 2.75) is 12.2 Å². The molecule has 0 bridgehead atoms. The summed E-state index contributed by atoms with van der Waals surface area (Å²) in [5.74, 6) is -3.57. The second kappa shape index (κ2) is 5.64. The van der Waals surface area contributed by atoms with E-state index in [4.69, 9.17) is 9.84 Å². The number of carboxylic acids is 1. The summed E-state index contributed by atoms with van der Waals surface area (Å²) in [6.07, 6.45) is -3.92. The number of halogens is 3. The lowest BCUT2D eigenvalue weighted by Crippen LogP contribution is -2.49. The molecule has 1 amide bonds. The van der Waals surface area contributed by atoms with E-state index in [1.807, 2.05) is 0 Å². The number of aromatic nitrogens is 2. The van der Waals surface area contributed by atoms with Gasteiger partial charge in [0.2, 0.25) is 0 Å². The smallest absolute Gasteiger partial charge is 0.471 e. The number of morpholine rings is 1. The first-order valence-corrected chi connectivity index (χ1v) is 5.82. The molecule has 21 heavy (non-hydrogen) atoms. The van der Waals surface area contributed by atoms with Gasteiger partial charge in [-0.15, -0.1) is 0 Å². The monoisotopic (exact) mass is 305 g/mol. The molecule has 1 atom stereocenters. The summed E-state index contributed by atoms with van der Waals surface area (Å²) in [6.45, 7) is -0.550. The molecule has 2 heterocycles. The van der Waals surface area contributed by atoms with Crippen LogP contribution in [0.25, 0.3) is 0 Å². The van der Waals surface area contributed by atoms with Crippen molar-refractivity contribution in [3.8, 4) is 0 Å². The Balaban J connectivity index is 2.33. The van der Waals surface area contributed by atoms with E-state index in [0.29, 0.717) is 4.90 Å². The van der Waals surface area contributed by atoms with Crippen molar-refractivity contribution in [3.05, 3.63) is 23.8 Å². The standard InChI is InChI=1S/C11H10F3N3O4/c12-11(13,14)10(20)17-3-4-21-5-7(17)8-15-2-1-6(16-8)9(18)19/h1-2,7H,3-5H2,(H,18,19). The van der Waals surface area contributed by atoms with Crippen LogP contribution in [0.4, 0.5) is 13.2 Å². The zero-order valence-corrected chi connectivity index (χ0v) is 10.5. The lowest BCUT2D eigenvalue weighted by atomic mass is 10.2. The molecule has 0 aliphatic carbocycles. The quantitative estimate of drug-likeness (QED) is 0.862. The second-order valence-electron chi connectivity index (χ2n) is 4.19. The Labute approximate surface area is 116 Å². The van der Waals surface area contributed by atoms with Gasteiger partial charge in [-0.2, -0.15) is 13.2 Å². The molecule has 0 aromatic carbocycles. The molecule has 1 aliphatic heterocycles. The number of carbonyl (C=O) groups is 2. The number of carboxylic acid groups (broad SMARTS) is 1. The van der Waals surface area contributed by atoms with Gasteiger partial charge in [0.15, 0.2) is 11.5 Å². The van der Waals surface area contributed by atoms with E-state index in [-0.39, 0.29) is 31.3 Å². The highest BCUT2D eigenvalue weighted by Gasteiger charge is 2.46. The Morgan fingerprint density at radius 2 is 2.14 bits per heavy atom. The molecular weight excluding hydrogens is 295 g/mol. The lowest BCUT2D eigenvalue weighted by Gasteiger charge is -2.34. The average Bonchev–Trinajstić information content (AvgIpc) is 2.45. The van der Waals surface area contributed by atoms with Gasteiger partial charge < -0.3 is 14.7 Å². The van der Waals surface area contributed by atoms with Gasteiger partial charge in [0.1, 0.15) is 6.04 Å². The van der Waals surface area contributed by atoms with Crippen LogP contribution >= 0.6 is 0 Å². The zero-order valence-electron chi connectivity index (χ0n) is 10.5. The molecule has 1 unspecified atom stereocenters. The van der Waals surface area contributed by atoms with Gasteiger partial charge in [-0.05, 0) is 6.07 Å². The molecule has 2 rings (SSSR count). The molecule has 1 fully saturated rings. The molecular formula is C11H10F3N3O4. The third kappa shape index (κ3) is 3.27. The van der Waals surface area contributed by atoms with Gasteiger partial charge in [-0.3, -0.25) is 4.79 Å². The highest BCUT2D eigenvalue weighted by Crippen LogP contribution is 2.27. The Hall–Kier alpha value is -2.23. The van der Waals surface area contributed by atoms with E-state index < -0.39 is 24.1 Å². The van der Waals surface area contributed by atoms with Gasteiger partial charge >= 0.3 is 18.1 Å². The van der Waals surface area contributed by atoms with Crippen LogP contribution in [-0.2, 0) is 9.53 Å². The first-order valence-electron chi connectivity index (χ1n) is 5.82. The fraction of sp³-hybridized carbons (Fsp3) is 0.455. The maximum atomic E-state index is 12.6. The van der Waals surface area contributed by atoms with Gasteiger partial charge in [0.25, 0.3) is 0 Å². The van der Waals surface area contributed by atoms with Crippen LogP contribution < -0.4 is 0 Å². The number of amides is 1. The molecule has 1 aliphatic rings. The first kappa shape index (κ1) is 15.2. The number of ether oxygens (including phenoxy) is 1. The minimum Gasteiger partial charge on any atom is -0.477 e. The number of hydrogen-bond acceptors (Lipinski definition) is 5. The van der Waals surface area contributed by atoms with Crippen molar-refractivity contribution >= 4 is 11.9 Å². The summed E-state index contributed by atoms with van der Waals surface area (Å²) < 4.78 is 42.7. The summed E-state index contributed by atoms with van der Waals surface area (Å²) in [5.41, 5.74) is -0.370. The number of alkyl halides is 3. The Bertz CT molecular complexity index is 564. The number of hydrogen-bond donors (Lipinski definition) is 1. The van der Waals surface area contributed by atoms with Crippen molar-refractivity contribution < 1.29 is 32.6 Å². The molecule has 0 radical (unpaired) electrons. The molecule has 1 aromatic heterocycles. The Morgan fingerprint density at radius 1 is 1.43 bits per heavy atom. The third-order valence-corrected chi connectivity index (χ3v) is 2.82. The molecule has 0 saturated carbocycles. The van der Waals surface area contributed by atoms with Crippen LogP contribution in [0.5, 0.6) is 0 Å². The fourth-order valence-electron chi connectivity index (χ4n) is 1.88. The summed E-state index contributed by atoms with van der Waals surface area (Å²) >= 11 is 0. The summed E-state index contributed by atoms with van der Waals surface area (Å²) in [5, 5.41) is 8.83. The molecule has 1 aromatic rings. The second-order valence-corrected chi connectivity index (χ2v) is 4.19. The number of rotatable bonds is 2. The number of nitrogens with zero attached hydrogens (tertiary/aromatic N) is 3. The molecule has 0 spiro atoms. The fourth-order valence-corrected chi connectivity index (χ4v) is 1.88. The maximum Gasteiger partial charge on any atom is 0.471 e. The van der Waals surface area contributed by atoms with E-state index >= 15 is 0 Å². The largest absolute Gasteiger partial charge is 0.477 e. The van der Waals surface area contributed by atoms with E-state index in [9.17, 15) is 22.8 Å². The van der Waals surface area contributed by atoms with Crippen LogP contribution in [0.15, 0.2) is 12.3 Å². The minimum absolute atomic E-state index is 0.0447.